The van der Waals surface area contributed by atoms with Gasteiger partial charge in [0.15, 0.2) is 0 Å². The highest BCUT2D eigenvalue weighted by atomic mass is 16.6. The minimum atomic E-state index is -0.406. The Kier molecular flexibility index (Phi) is 4.75. The first-order valence-corrected chi connectivity index (χ1v) is 8.07. The first-order valence-electron chi connectivity index (χ1n) is 8.07. The van der Waals surface area contributed by atoms with Crippen LogP contribution in [0.15, 0.2) is 24.4 Å². The maximum Gasteiger partial charge on any atom is 0.309 e. The second-order valence-corrected chi connectivity index (χ2v) is 5.93. The number of fused-ring (bicyclic) bond motifs is 1. The van der Waals surface area contributed by atoms with Crippen LogP contribution < -0.4 is 0 Å². The van der Waals surface area contributed by atoms with Crippen molar-refractivity contribution in [2.24, 2.45) is 5.92 Å². The fraction of sp³-hybridized carbons (Fsp3) is 0.500. The Morgan fingerprint density at radius 1 is 1.42 bits per heavy atom. The SMILES string of the molecule is CCOC(=O)C1CCN(Cn2ncc3cc([N+](=O)[O-])ccc32)CC1. The number of nitro groups is 1. The van der Waals surface area contributed by atoms with Crippen LogP contribution in [0.3, 0.4) is 0 Å². The van der Waals surface area contributed by atoms with Crippen molar-refractivity contribution in [3.8, 4) is 0 Å². The summed E-state index contributed by atoms with van der Waals surface area (Å²) in [6.45, 7) is 4.46. The molecule has 0 aliphatic carbocycles. The summed E-state index contributed by atoms with van der Waals surface area (Å²) in [7, 11) is 0. The third kappa shape index (κ3) is 3.38. The molecule has 1 aliphatic rings. The topological polar surface area (TPSA) is 90.5 Å². The first-order chi connectivity index (χ1) is 11.6. The molecule has 3 rings (SSSR count). The number of ether oxygens (including phenoxy) is 1. The van der Waals surface area contributed by atoms with Gasteiger partial charge in [-0.2, -0.15) is 5.10 Å². The van der Waals surface area contributed by atoms with Crippen LogP contribution in [0, 0.1) is 16.0 Å². The zero-order chi connectivity index (χ0) is 17.1. The molecule has 2 aromatic rings. The number of hydrogen-bond donors (Lipinski definition) is 0. The van der Waals surface area contributed by atoms with Crippen molar-refractivity contribution in [3.63, 3.8) is 0 Å². The van der Waals surface area contributed by atoms with Gasteiger partial charge in [0.2, 0.25) is 0 Å². The average molecular weight is 332 g/mol. The van der Waals surface area contributed by atoms with Gasteiger partial charge in [0.25, 0.3) is 5.69 Å². The third-order valence-corrected chi connectivity index (χ3v) is 4.38. The molecule has 8 heteroatoms. The quantitative estimate of drug-likeness (QED) is 0.473. The van der Waals surface area contributed by atoms with Gasteiger partial charge in [-0.3, -0.25) is 24.5 Å². The molecule has 0 spiro atoms. The van der Waals surface area contributed by atoms with E-state index in [4.69, 9.17) is 4.74 Å². The van der Waals surface area contributed by atoms with E-state index in [1.165, 1.54) is 12.1 Å². The van der Waals surface area contributed by atoms with Crippen molar-refractivity contribution in [2.75, 3.05) is 19.7 Å². The van der Waals surface area contributed by atoms with E-state index in [1.807, 2.05) is 11.6 Å². The Balaban J connectivity index is 1.64. The second kappa shape index (κ2) is 6.96. The summed E-state index contributed by atoms with van der Waals surface area (Å²) < 4.78 is 6.92. The van der Waals surface area contributed by atoms with E-state index >= 15 is 0 Å². The molecule has 8 nitrogen and oxygen atoms in total. The summed E-state index contributed by atoms with van der Waals surface area (Å²) in [5.74, 6) is -0.118. The Hall–Kier alpha value is -2.48. The molecular weight excluding hydrogens is 312 g/mol. The number of piperidine rings is 1. The molecular formula is C16H20N4O4. The van der Waals surface area contributed by atoms with Gasteiger partial charge in [0.1, 0.15) is 0 Å². The highest BCUT2D eigenvalue weighted by molar-refractivity contribution is 5.81. The number of hydrogen-bond acceptors (Lipinski definition) is 6. The normalized spacial score (nSPS) is 16.4. The molecule has 1 fully saturated rings. The number of rotatable bonds is 5. The summed E-state index contributed by atoms with van der Waals surface area (Å²) >= 11 is 0. The number of benzene rings is 1. The Labute approximate surface area is 139 Å². The summed E-state index contributed by atoms with van der Waals surface area (Å²) in [5, 5.41) is 15.9. The monoisotopic (exact) mass is 332 g/mol. The summed E-state index contributed by atoms with van der Waals surface area (Å²) in [6.07, 6.45) is 3.21. The molecule has 2 heterocycles. The molecule has 1 aromatic carbocycles. The van der Waals surface area contributed by atoms with Crippen molar-refractivity contribution < 1.29 is 14.5 Å². The lowest BCUT2D eigenvalue weighted by Gasteiger charge is -2.30. The Morgan fingerprint density at radius 3 is 2.83 bits per heavy atom. The van der Waals surface area contributed by atoms with Crippen LogP contribution in [0.1, 0.15) is 19.8 Å². The lowest BCUT2D eigenvalue weighted by atomic mass is 9.97. The van der Waals surface area contributed by atoms with Crippen LogP contribution >= 0.6 is 0 Å². The van der Waals surface area contributed by atoms with Crippen LogP contribution in [-0.2, 0) is 16.2 Å². The van der Waals surface area contributed by atoms with E-state index in [0.29, 0.717) is 13.3 Å². The summed E-state index contributed by atoms with van der Waals surface area (Å²) in [5.41, 5.74) is 0.936. The molecule has 0 unspecified atom stereocenters. The molecule has 0 atom stereocenters. The van der Waals surface area contributed by atoms with Crippen molar-refractivity contribution in [1.29, 1.82) is 0 Å². The molecule has 0 amide bonds. The average Bonchev–Trinajstić information content (AvgIpc) is 2.98. The fourth-order valence-corrected chi connectivity index (χ4v) is 3.06. The number of esters is 1. The smallest absolute Gasteiger partial charge is 0.309 e. The standard InChI is InChI=1S/C16H20N4O4/c1-2-24-16(21)12-5-7-18(8-6-12)11-19-15-4-3-14(20(22)23)9-13(15)10-17-19/h3-4,9-10,12H,2,5-8,11H2,1H3. The number of nitro benzene ring substituents is 1. The minimum Gasteiger partial charge on any atom is -0.466 e. The molecule has 24 heavy (non-hydrogen) atoms. The van der Waals surface area contributed by atoms with Crippen molar-refractivity contribution >= 4 is 22.6 Å². The van der Waals surface area contributed by atoms with Gasteiger partial charge in [-0.15, -0.1) is 0 Å². The number of nitrogens with zero attached hydrogens (tertiary/aromatic N) is 4. The number of carbonyl (C=O) groups excluding carboxylic acids is 1. The molecule has 0 bridgehead atoms. The minimum absolute atomic E-state index is 0.0155. The summed E-state index contributed by atoms with van der Waals surface area (Å²) in [4.78, 5) is 24.4. The highest BCUT2D eigenvalue weighted by Gasteiger charge is 2.26. The fourth-order valence-electron chi connectivity index (χ4n) is 3.06. The number of non-ortho nitro benzene ring substituents is 1. The van der Waals surface area contributed by atoms with Gasteiger partial charge in [0, 0.05) is 30.6 Å². The van der Waals surface area contributed by atoms with Crippen molar-refractivity contribution in [3.05, 3.63) is 34.5 Å². The zero-order valence-corrected chi connectivity index (χ0v) is 13.6. The van der Waals surface area contributed by atoms with E-state index in [9.17, 15) is 14.9 Å². The van der Waals surface area contributed by atoms with E-state index in [2.05, 4.69) is 10.00 Å². The third-order valence-electron chi connectivity index (χ3n) is 4.38. The van der Waals surface area contributed by atoms with Gasteiger partial charge < -0.3 is 4.74 Å². The Bertz CT molecular complexity index is 750. The predicted octanol–water partition coefficient (Wildman–Crippen LogP) is 2.18. The van der Waals surface area contributed by atoms with Gasteiger partial charge in [0.05, 0.1) is 35.8 Å². The van der Waals surface area contributed by atoms with Crippen LogP contribution in [0.4, 0.5) is 5.69 Å². The van der Waals surface area contributed by atoms with E-state index in [0.717, 1.165) is 36.8 Å². The molecule has 0 radical (unpaired) electrons. The summed E-state index contributed by atoms with van der Waals surface area (Å²) in [6, 6.07) is 4.76. The maximum absolute atomic E-state index is 11.8. The second-order valence-electron chi connectivity index (χ2n) is 5.93. The first kappa shape index (κ1) is 16.4. The molecule has 1 aliphatic heterocycles. The van der Waals surface area contributed by atoms with E-state index < -0.39 is 4.92 Å². The molecule has 0 saturated carbocycles. The van der Waals surface area contributed by atoms with Crippen LogP contribution in [-0.4, -0.2) is 45.3 Å². The van der Waals surface area contributed by atoms with Gasteiger partial charge in [-0.25, -0.2) is 0 Å². The molecule has 0 N–H and O–H groups in total. The predicted molar refractivity (Wildman–Crippen MR) is 87.3 cm³/mol. The molecule has 128 valence electrons. The van der Waals surface area contributed by atoms with Gasteiger partial charge >= 0.3 is 5.97 Å². The van der Waals surface area contributed by atoms with E-state index in [-0.39, 0.29) is 17.6 Å². The van der Waals surface area contributed by atoms with E-state index in [1.54, 1.807) is 12.3 Å². The zero-order valence-electron chi connectivity index (χ0n) is 13.6. The van der Waals surface area contributed by atoms with Crippen LogP contribution in [0.2, 0.25) is 0 Å². The van der Waals surface area contributed by atoms with Crippen LogP contribution in [0.25, 0.3) is 10.9 Å². The number of carbonyl (C=O) groups is 1. The van der Waals surface area contributed by atoms with Gasteiger partial charge in [-0.05, 0) is 25.8 Å². The lowest BCUT2D eigenvalue weighted by molar-refractivity contribution is -0.384. The highest BCUT2D eigenvalue weighted by Crippen LogP contribution is 2.23. The largest absolute Gasteiger partial charge is 0.466 e. The number of aromatic nitrogens is 2. The van der Waals surface area contributed by atoms with Crippen molar-refractivity contribution in [1.82, 2.24) is 14.7 Å². The van der Waals surface area contributed by atoms with Crippen molar-refractivity contribution in [2.45, 2.75) is 26.4 Å². The maximum atomic E-state index is 11.8. The number of likely N-dealkylation sites (tertiary alicyclic amines) is 1. The Morgan fingerprint density at radius 2 is 2.17 bits per heavy atom. The molecule has 1 saturated heterocycles. The lowest BCUT2D eigenvalue weighted by Crippen LogP contribution is -2.38. The van der Waals surface area contributed by atoms with Crippen LogP contribution in [0.5, 0.6) is 0 Å². The molecule has 1 aromatic heterocycles. The van der Waals surface area contributed by atoms with Gasteiger partial charge in [-0.1, -0.05) is 0 Å².